The van der Waals surface area contributed by atoms with Crippen molar-refractivity contribution in [1.29, 1.82) is 0 Å². The van der Waals surface area contributed by atoms with Crippen molar-refractivity contribution in [2.45, 2.75) is 19.4 Å². The highest BCUT2D eigenvalue weighted by Gasteiger charge is 2.30. The van der Waals surface area contributed by atoms with Crippen molar-refractivity contribution in [3.8, 4) is 0 Å². The van der Waals surface area contributed by atoms with E-state index in [0.29, 0.717) is 17.8 Å². The molecule has 7 nitrogen and oxygen atoms in total. The molecule has 1 fully saturated rings. The van der Waals surface area contributed by atoms with E-state index in [1.54, 1.807) is 14.0 Å². The van der Waals surface area contributed by atoms with Crippen molar-refractivity contribution >= 4 is 21.4 Å². The zero-order chi connectivity index (χ0) is 13.5. The number of hydrogen-bond acceptors (Lipinski definition) is 5. The van der Waals surface area contributed by atoms with E-state index in [1.807, 2.05) is 0 Å². The molecule has 18 heavy (non-hydrogen) atoms. The second-order valence-corrected chi connectivity index (χ2v) is 6.77. The second kappa shape index (κ2) is 4.27. The Hall–Kier alpha value is -1.57. The van der Waals surface area contributed by atoms with Crippen molar-refractivity contribution < 1.29 is 13.2 Å². The first-order chi connectivity index (χ1) is 8.30. The van der Waals surface area contributed by atoms with Gasteiger partial charge in [0.15, 0.2) is 9.84 Å². The normalized spacial score (nSPS) is 22.0. The van der Waals surface area contributed by atoms with Crippen LogP contribution in [0.5, 0.6) is 0 Å². The van der Waals surface area contributed by atoms with Gasteiger partial charge in [-0.25, -0.2) is 8.42 Å². The molecule has 1 aromatic heterocycles. The number of rotatable bonds is 2. The largest absolute Gasteiger partial charge is 0.395 e. The molecule has 1 amide bonds. The molecule has 8 heteroatoms. The summed E-state index contributed by atoms with van der Waals surface area (Å²) in [4.78, 5) is 12.0. The molecule has 100 valence electrons. The van der Waals surface area contributed by atoms with Gasteiger partial charge in [0.2, 0.25) is 0 Å². The van der Waals surface area contributed by atoms with E-state index in [0.717, 1.165) is 0 Å². The van der Waals surface area contributed by atoms with Crippen LogP contribution in [0.3, 0.4) is 0 Å². The minimum absolute atomic E-state index is 0.00449. The number of aryl methyl sites for hydroxylation is 2. The first-order valence-electron chi connectivity index (χ1n) is 5.60. The predicted octanol–water partition coefficient (Wildman–Crippen LogP) is -0.772. The van der Waals surface area contributed by atoms with E-state index in [1.165, 1.54) is 4.68 Å². The van der Waals surface area contributed by atoms with Crippen LogP contribution in [0.2, 0.25) is 0 Å². The number of amides is 1. The molecular formula is C10H16N4O3S. The van der Waals surface area contributed by atoms with Crippen LogP contribution in [0.1, 0.15) is 22.6 Å². The molecule has 0 radical (unpaired) electrons. The van der Waals surface area contributed by atoms with E-state index >= 15 is 0 Å². The van der Waals surface area contributed by atoms with Crippen molar-refractivity contribution in [3.63, 3.8) is 0 Å². The topological polar surface area (TPSA) is 107 Å². The molecule has 1 aliphatic rings. The fourth-order valence-electron chi connectivity index (χ4n) is 2.11. The average Bonchev–Trinajstić information content (AvgIpc) is 2.68. The molecule has 1 aromatic rings. The summed E-state index contributed by atoms with van der Waals surface area (Å²) < 4.78 is 24.0. The number of nitrogens with zero attached hydrogens (tertiary/aromatic N) is 2. The molecular weight excluding hydrogens is 256 g/mol. The summed E-state index contributed by atoms with van der Waals surface area (Å²) in [5.74, 6) is -0.259. The van der Waals surface area contributed by atoms with E-state index < -0.39 is 9.84 Å². The van der Waals surface area contributed by atoms with Gasteiger partial charge in [-0.2, -0.15) is 5.10 Å². The van der Waals surface area contributed by atoms with E-state index in [9.17, 15) is 13.2 Å². The third kappa shape index (κ3) is 2.33. The number of carbonyl (C=O) groups is 1. The van der Waals surface area contributed by atoms with Gasteiger partial charge in [-0.3, -0.25) is 9.48 Å². The number of nitrogen functional groups attached to an aromatic ring is 1. The first kappa shape index (κ1) is 12.9. The van der Waals surface area contributed by atoms with Crippen LogP contribution in [0.25, 0.3) is 0 Å². The van der Waals surface area contributed by atoms with Crippen LogP contribution in [-0.4, -0.2) is 41.7 Å². The van der Waals surface area contributed by atoms with Crippen molar-refractivity contribution in [2.75, 3.05) is 17.2 Å². The maximum Gasteiger partial charge on any atom is 0.271 e. The van der Waals surface area contributed by atoms with Gasteiger partial charge in [-0.05, 0) is 13.3 Å². The van der Waals surface area contributed by atoms with Gasteiger partial charge < -0.3 is 11.1 Å². The highest BCUT2D eigenvalue weighted by atomic mass is 32.2. The number of nitrogens with two attached hydrogens (primary N) is 1. The molecule has 1 saturated heterocycles. The van der Waals surface area contributed by atoms with Gasteiger partial charge in [-0.1, -0.05) is 0 Å². The van der Waals surface area contributed by atoms with Crippen LogP contribution in [0.15, 0.2) is 0 Å². The maximum atomic E-state index is 12.0. The Balaban J connectivity index is 2.14. The summed E-state index contributed by atoms with van der Waals surface area (Å²) in [6, 6.07) is -0.336. The minimum atomic E-state index is -3.01. The van der Waals surface area contributed by atoms with Gasteiger partial charge in [0, 0.05) is 13.1 Å². The van der Waals surface area contributed by atoms with Crippen molar-refractivity contribution in [1.82, 2.24) is 15.1 Å². The Morgan fingerprint density at radius 3 is 2.67 bits per heavy atom. The zero-order valence-electron chi connectivity index (χ0n) is 10.3. The third-order valence-electron chi connectivity index (χ3n) is 3.05. The number of nitrogens with one attached hydrogen (secondary N) is 1. The van der Waals surface area contributed by atoms with Crippen LogP contribution >= 0.6 is 0 Å². The summed E-state index contributed by atoms with van der Waals surface area (Å²) >= 11 is 0. The quantitative estimate of drug-likeness (QED) is 0.735. The number of anilines is 1. The van der Waals surface area contributed by atoms with E-state index in [4.69, 9.17) is 5.73 Å². The lowest BCUT2D eigenvalue weighted by Crippen LogP contribution is -2.36. The smallest absolute Gasteiger partial charge is 0.271 e. The highest BCUT2D eigenvalue weighted by molar-refractivity contribution is 7.91. The number of hydrogen-bond donors (Lipinski definition) is 2. The SMILES string of the molecule is Cc1nn(C)c(C(=O)NC2CCS(=O)(=O)C2)c1N. The van der Waals surface area contributed by atoms with Crippen LogP contribution in [-0.2, 0) is 16.9 Å². The molecule has 0 aliphatic carbocycles. The summed E-state index contributed by atoms with van der Waals surface area (Å²) in [5, 5.41) is 6.73. The molecule has 1 atom stereocenters. The Morgan fingerprint density at radius 2 is 2.22 bits per heavy atom. The lowest BCUT2D eigenvalue weighted by Gasteiger charge is -2.11. The number of aromatic nitrogens is 2. The molecule has 0 aromatic carbocycles. The first-order valence-corrected chi connectivity index (χ1v) is 7.42. The summed E-state index contributed by atoms with van der Waals surface area (Å²) in [5.41, 5.74) is 6.96. The lowest BCUT2D eigenvalue weighted by molar-refractivity contribution is 0.0932. The molecule has 2 heterocycles. The molecule has 1 unspecified atom stereocenters. The Kier molecular flexibility index (Phi) is 3.05. The van der Waals surface area contributed by atoms with Crippen molar-refractivity contribution in [2.24, 2.45) is 7.05 Å². The summed E-state index contributed by atoms with van der Waals surface area (Å²) in [6.45, 7) is 1.71. The van der Waals surface area contributed by atoms with Gasteiger partial charge in [0.1, 0.15) is 5.69 Å². The predicted molar refractivity (Wildman–Crippen MR) is 66.9 cm³/mol. The van der Waals surface area contributed by atoms with E-state index in [2.05, 4.69) is 10.4 Å². The standard InChI is InChI=1S/C10H16N4O3S/c1-6-8(11)9(14(2)13-6)10(15)12-7-3-4-18(16,17)5-7/h7H,3-5,11H2,1-2H3,(H,12,15). The lowest BCUT2D eigenvalue weighted by atomic mass is 10.2. The van der Waals surface area contributed by atoms with Gasteiger partial charge in [-0.15, -0.1) is 0 Å². The molecule has 1 aliphatic heterocycles. The van der Waals surface area contributed by atoms with Crippen LogP contribution in [0.4, 0.5) is 5.69 Å². The highest BCUT2D eigenvalue weighted by Crippen LogP contribution is 2.17. The minimum Gasteiger partial charge on any atom is -0.395 e. The number of carbonyl (C=O) groups excluding carboxylic acids is 1. The summed E-state index contributed by atoms with van der Waals surface area (Å²) in [6.07, 6.45) is 0.449. The molecule has 0 saturated carbocycles. The maximum absolute atomic E-state index is 12.0. The van der Waals surface area contributed by atoms with Crippen LogP contribution < -0.4 is 11.1 Å². The molecule has 0 bridgehead atoms. The third-order valence-corrected chi connectivity index (χ3v) is 4.82. The Morgan fingerprint density at radius 1 is 1.56 bits per heavy atom. The second-order valence-electron chi connectivity index (χ2n) is 4.54. The van der Waals surface area contributed by atoms with Gasteiger partial charge >= 0.3 is 0 Å². The fourth-order valence-corrected chi connectivity index (χ4v) is 3.78. The zero-order valence-corrected chi connectivity index (χ0v) is 11.1. The van der Waals surface area contributed by atoms with Crippen LogP contribution in [0, 0.1) is 6.92 Å². The fraction of sp³-hybridized carbons (Fsp3) is 0.600. The Labute approximate surface area is 105 Å². The number of sulfone groups is 1. The van der Waals surface area contributed by atoms with E-state index in [-0.39, 0.29) is 29.1 Å². The van der Waals surface area contributed by atoms with Crippen molar-refractivity contribution in [3.05, 3.63) is 11.4 Å². The molecule has 2 rings (SSSR count). The summed E-state index contributed by atoms with van der Waals surface area (Å²) in [7, 11) is -1.38. The monoisotopic (exact) mass is 272 g/mol. The van der Waals surface area contributed by atoms with Gasteiger partial charge in [0.25, 0.3) is 5.91 Å². The molecule has 0 spiro atoms. The van der Waals surface area contributed by atoms with Gasteiger partial charge in [0.05, 0.1) is 22.9 Å². The molecule has 3 N–H and O–H groups in total. The average molecular weight is 272 g/mol. The Bertz CT molecular complexity index is 591.